The predicted octanol–water partition coefficient (Wildman–Crippen LogP) is 2.62. The number of halogens is 2. The fourth-order valence-electron chi connectivity index (χ4n) is 2.69. The van der Waals surface area contributed by atoms with Crippen molar-refractivity contribution in [2.75, 3.05) is 39.9 Å². The molecule has 4 nitrogen and oxygen atoms in total. The number of hydrogen-bond donors (Lipinski definition) is 1. The van der Waals surface area contributed by atoms with Gasteiger partial charge in [0.05, 0.1) is 13.0 Å². The van der Waals surface area contributed by atoms with E-state index < -0.39 is 0 Å². The molecule has 1 aliphatic heterocycles. The zero-order chi connectivity index (χ0) is 15.9. The van der Waals surface area contributed by atoms with E-state index in [1.165, 1.54) is 0 Å². The molecule has 1 saturated heterocycles. The molecule has 122 valence electrons. The highest BCUT2D eigenvalue weighted by Gasteiger charge is 2.22. The zero-order valence-corrected chi connectivity index (χ0v) is 14.3. The molecule has 1 N–H and O–H groups in total. The Balaban J connectivity index is 1.75. The summed E-state index contributed by atoms with van der Waals surface area (Å²) in [5, 5.41) is 4.06. The molecule has 0 spiro atoms. The molecule has 1 amide bonds. The molecule has 1 aromatic carbocycles. The zero-order valence-electron chi connectivity index (χ0n) is 12.8. The number of benzene rings is 1. The van der Waals surface area contributed by atoms with Gasteiger partial charge in [0.2, 0.25) is 5.91 Å². The first-order valence-electron chi connectivity index (χ1n) is 7.51. The summed E-state index contributed by atoms with van der Waals surface area (Å²) < 4.78 is 5.09. The average molecular weight is 345 g/mol. The van der Waals surface area contributed by atoms with E-state index >= 15 is 0 Å². The van der Waals surface area contributed by atoms with Crippen LogP contribution in [0.5, 0.6) is 0 Å². The lowest BCUT2D eigenvalue weighted by molar-refractivity contribution is -0.120. The number of ether oxygens (including phenoxy) is 1. The molecule has 2 rings (SSSR count). The highest BCUT2D eigenvalue weighted by Crippen LogP contribution is 2.24. The van der Waals surface area contributed by atoms with Crippen molar-refractivity contribution in [3.8, 4) is 0 Å². The van der Waals surface area contributed by atoms with Crippen LogP contribution in [0.25, 0.3) is 0 Å². The van der Waals surface area contributed by atoms with Gasteiger partial charge < -0.3 is 15.0 Å². The molecule has 0 saturated carbocycles. The van der Waals surface area contributed by atoms with Crippen LogP contribution < -0.4 is 5.32 Å². The fourth-order valence-corrected chi connectivity index (χ4v) is 3.22. The second-order valence-corrected chi connectivity index (χ2v) is 6.44. The fraction of sp³-hybridized carbons (Fsp3) is 0.562. The van der Waals surface area contributed by atoms with E-state index in [4.69, 9.17) is 27.9 Å². The maximum atomic E-state index is 12.1. The van der Waals surface area contributed by atoms with Gasteiger partial charge in [-0.1, -0.05) is 29.3 Å². The number of nitrogens with one attached hydrogen (secondary N) is 1. The van der Waals surface area contributed by atoms with E-state index in [1.54, 1.807) is 25.3 Å². The van der Waals surface area contributed by atoms with E-state index in [1.807, 2.05) is 0 Å². The number of hydrogen-bond acceptors (Lipinski definition) is 3. The lowest BCUT2D eigenvalue weighted by Crippen LogP contribution is -2.32. The molecule has 22 heavy (non-hydrogen) atoms. The van der Waals surface area contributed by atoms with E-state index in [2.05, 4.69) is 10.2 Å². The van der Waals surface area contributed by atoms with Crippen LogP contribution >= 0.6 is 23.2 Å². The van der Waals surface area contributed by atoms with Gasteiger partial charge in [-0.2, -0.15) is 0 Å². The molecule has 0 radical (unpaired) electrons. The molecule has 1 fully saturated rings. The monoisotopic (exact) mass is 344 g/mol. The van der Waals surface area contributed by atoms with Gasteiger partial charge in [-0.25, -0.2) is 0 Å². The minimum atomic E-state index is -0.0367. The number of nitrogens with zero attached hydrogens (tertiary/aromatic N) is 1. The van der Waals surface area contributed by atoms with Crippen molar-refractivity contribution in [1.29, 1.82) is 0 Å². The van der Waals surface area contributed by atoms with Crippen molar-refractivity contribution in [3.05, 3.63) is 33.8 Å². The topological polar surface area (TPSA) is 41.6 Å². The highest BCUT2D eigenvalue weighted by molar-refractivity contribution is 6.36. The Labute approximate surface area is 141 Å². The van der Waals surface area contributed by atoms with Gasteiger partial charge in [-0.15, -0.1) is 0 Å². The Morgan fingerprint density at radius 1 is 1.41 bits per heavy atom. The number of rotatable bonds is 7. The van der Waals surface area contributed by atoms with Crippen LogP contribution in [0.15, 0.2) is 18.2 Å². The first kappa shape index (κ1) is 17.5. The van der Waals surface area contributed by atoms with Gasteiger partial charge >= 0.3 is 0 Å². The summed E-state index contributed by atoms with van der Waals surface area (Å²) in [4.78, 5) is 14.4. The lowest BCUT2D eigenvalue weighted by atomic mass is 10.1. The van der Waals surface area contributed by atoms with Crippen LogP contribution in [-0.4, -0.2) is 50.7 Å². The molecule has 1 atom stereocenters. The maximum absolute atomic E-state index is 12.1. The maximum Gasteiger partial charge on any atom is 0.224 e. The third-order valence-corrected chi connectivity index (χ3v) is 4.68. The minimum Gasteiger partial charge on any atom is -0.383 e. The minimum absolute atomic E-state index is 0.0367. The average Bonchev–Trinajstić information content (AvgIpc) is 2.95. The molecule has 0 aliphatic carbocycles. The van der Waals surface area contributed by atoms with E-state index in [-0.39, 0.29) is 12.3 Å². The smallest absolute Gasteiger partial charge is 0.224 e. The Morgan fingerprint density at radius 3 is 2.82 bits per heavy atom. The van der Waals surface area contributed by atoms with E-state index in [9.17, 15) is 4.79 Å². The Hall–Kier alpha value is -0.810. The lowest BCUT2D eigenvalue weighted by Gasteiger charge is -2.15. The van der Waals surface area contributed by atoms with Crippen molar-refractivity contribution in [3.63, 3.8) is 0 Å². The van der Waals surface area contributed by atoms with Gasteiger partial charge in [-0.05, 0) is 36.6 Å². The number of likely N-dealkylation sites (tertiary alicyclic amines) is 1. The van der Waals surface area contributed by atoms with Crippen molar-refractivity contribution >= 4 is 29.1 Å². The normalized spacial score (nSPS) is 18.6. The number of carbonyl (C=O) groups is 1. The Kier molecular flexibility index (Phi) is 6.96. The number of methoxy groups -OCH3 is 1. The van der Waals surface area contributed by atoms with Crippen LogP contribution in [0.3, 0.4) is 0 Å². The van der Waals surface area contributed by atoms with Crippen molar-refractivity contribution < 1.29 is 9.53 Å². The van der Waals surface area contributed by atoms with Gasteiger partial charge in [0.1, 0.15) is 0 Å². The summed E-state index contributed by atoms with van der Waals surface area (Å²) >= 11 is 12.2. The van der Waals surface area contributed by atoms with E-state index in [0.717, 1.165) is 32.7 Å². The largest absolute Gasteiger partial charge is 0.383 e. The van der Waals surface area contributed by atoms with Crippen molar-refractivity contribution in [1.82, 2.24) is 10.2 Å². The third-order valence-electron chi connectivity index (χ3n) is 3.97. The standard InChI is InChI=1S/C16H22Cl2N2O2/c1-22-8-7-20-6-5-12(11-20)10-19-16(21)9-13-14(17)3-2-4-15(13)18/h2-4,12H,5-11H2,1H3,(H,19,21)/t12-/m1/s1. The highest BCUT2D eigenvalue weighted by atomic mass is 35.5. The summed E-state index contributed by atoms with van der Waals surface area (Å²) in [7, 11) is 1.72. The van der Waals surface area contributed by atoms with Crippen molar-refractivity contribution in [2.45, 2.75) is 12.8 Å². The summed E-state index contributed by atoms with van der Waals surface area (Å²) in [5.74, 6) is 0.466. The first-order chi connectivity index (χ1) is 10.6. The van der Waals surface area contributed by atoms with Crippen LogP contribution in [0, 0.1) is 5.92 Å². The van der Waals surface area contributed by atoms with Crippen LogP contribution in [-0.2, 0) is 16.0 Å². The molecule has 0 aromatic heterocycles. The second-order valence-electron chi connectivity index (χ2n) is 5.63. The quantitative estimate of drug-likeness (QED) is 0.826. The number of amides is 1. The molecule has 1 aromatic rings. The van der Waals surface area contributed by atoms with E-state index in [0.29, 0.717) is 28.1 Å². The predicted molar refractivity (Wildman–Crippen MR) is 89.6 cm³/mol. The molecule has 0 bridgehead atoms. The molecule has 6 heteroatoms. The van der Waals surface area contributed by atoms with Gasteiger partial charge in [0.15, 0.2) is 0 Å². The van der Waals surface area contributed by atoms with Gasteiger partial charge in [-0.3, -0.25) is 4.79 Å². The number of carbonyl (C=O) groups excluding carboxylic acids is 1. The van der Waals surface area contributed by atoms with Gasteiger partial charge in [0.25, 0.3) is 0 Å². The molecule has 1 aliphatic rings. The first-order valence-corrected chi connectivity index (χ1v) is 8.26. The SMILES string of the molecule is COCCN1CC[C@H](CNC(=O)Cc2c(Cl)cccc2Cl)C1. The van der Waals surface area contributed by atoms with Crippen LogP contribution in [0.4, 0.5) is 0 Å². The summed E-state index contributed by atoms with van der Waals surface area (Å²) in [6.07, 6.45) is 1.33. The molecule has 1 heterocycles. The second kappa shape index (κ2) is 8.73. The molecular formula is C16H22Cl2N2O2. The summed E-state index contributed by atoms with van der Waals surface area (Å²) in [5.41, 5.74) is 0.691. The summed E-state index contributed by atoms with van der Waals surface area (Å²) in [6.45, 7) is 4.49. The molecular weight excluding hydrogens is 323 g/mol. The molecule has 0 unspecified atom stereocenters. The third kappa shape index (κ3) is 5.13. The Morgan fingerprint density at radius 2 is 2.14 bits per heavy atom. The van der Waals surface area contributed by atoms with Gasteiger partial charge in [0, 0.05) is 36.8 Å². The van der Waals surface area contributed by atoms with Crippen LogP contribution in [0.1, 0.15) is 12.0 Å². The Bertz CT molecular complexity index is 491. The van der Waals surface area contributed by atoms with Crippen LogP contribution in [0.2, 0.25) is 10.0 Å². The summed E-state index contributed by atoms with van der Waals surface area (Å²) in [6, 6.07) is 5.28. The van der Waals surface area contributed by atoms with Crippen molar-refractivity contribution in [2.24, 2.45) is 5.92 Å².